The molecule has 132 valence electrons. The molecule has 1 fully saturated rings. The van der Waals surface area contributed by atoms with E-state index in [-0.39, 0.29) is 18.0 Å². The molecular formula is C17H26N4O3. The number of urea groups is 1. The summed E-state index contributed by atoms with van der Waals surface area (Å²) in [4.78, 5) is 23.6. The van der Waals surface area contributed by atoms with E-state index in [0.29, 0.717) is 18.7 Å². The summed E-state index contributed by atoms with van der Waals surface area (Å²) >= 11 is 0. The standard InChI is InChI=1S/C17H26N4O3/c1-18-10-2-5-16(22)20-13-6-8-14(9-7-13)21-17(23)19-12-15-4-3-11-24-15/h6-9,15,18H,2-5,10-12H2,1H3,(H,20,22)(H2,19,21,23). The lowest BCUT2D eigenvalue weighted by Gasteiger charge is -2.12. The molecule has 3 amide bonds. The molecule has 0 spiro atoms. The summed E-state index contributed by atoms with van der Waals surface area (Å²) in [5.41, 5.74) is 1.39. The molecule has 7 heteroatoms. The van der Waals surface area contributed by atoms with Crippen molar-refractivity contribution in [3.63, 3.8) is 0 Å². The highest BCUT2D eigenvalue weighted by molar-refractivity contribution is 5.92. The number of hydrogen-bond donors (Lipinski definition) is 4. The quantitative estimate of drug-likeness (QED) is 0.547. The smallest absolute Gasteiger partial charge is 0.319 e. The molecule has 0 aliphatic carbocycles. The van der Waals surface area contributed by atoms with Gasteiger partial charge in [0, 0.05) is 30.9 Å². The fourth-order valence-corrected chi connectivity index (χ4v) is 2.47. The molecule has 0 radical (unpaired) electrons. The van der Waals surface area contributed by atoms with Gasteiger partial charge in [-0.25, -0.2) is 4.79 Å². The van der Waals surface area contributed by atoms with E-state index in [1.807, 2.05) is 7.05 Å². The lowest BCUT2D eigenvalue weighted by atomic mass is 10.2. The minimum absolute atomic E-state index is 0.0136. The molecule has 24 heavy (non-hydrogen) atoms. The third-order valence-electron chi connectivity index (χ3n) is 3.77. The lowest BCUT2D eigenvalue weighted by Crippen LogP contribution is -2.35. The lowest BCUT2D eigenvalue weighted by molar-refractivity contribution is -0.116. The van der Waals surface area contributed by atoms with Gasteiger partial charge < -0.3 is 26.0 Å². The Morgan fingerprint density at radius 1 is 1.17 bits per heavy atom. The summed E-state index contributed by atoms with van der Waals surface area (Å²) in [6.07, 6.45) is 3.44. The second-order valence-electron chi connectivity index (χ2n) is 5.80. The van der Waals surface area contributed by atoms with Gasteiger partial charge in [0.2, 0.25) is 5.91 Å². The van der Waals surface area contributed by atoms with Crippen LogP contribution in [0.15, 0.2) is 24.3 Å². The van der Waals surface area contributed by atoms with E-state index in [2.05, 4.69) is 21.3 Å². The summed E-state index contributed by atoms with van der Waals surface area (Å²) in [5.74, 6) is -0.0136. The predicted molar refractivity (Wildman–Crippen MR) is 94.2 cm³/mol. The molecule has 0 aromatic heterocycles. The average Bonchev–Trinajstić information content (AvgIpc) is 3.08. The first-order valence-corrected chi connectivity index (χ1v) is 8.38. The maximum atomic E-state index is 11.8. The van der Waals surface area contributed by atoms with Crippen LogP contribution >= 0.6 is 0 Å². The Labute approximate surface area is 142 Å². The average molecular weight is 334 g/mol. The molecule has 7 nitrogen and oxygen atoms in total. The molecule has 4 N–H and O–H groups in total. The van der Waals surface area contributed by atoms with E-state index in [1.165, 1.54) is 0 Å². The molecule has 1 aliphatic rings. The Balaban J connectivity index is 1.70. The Kier molecular flexibility index (Phi) is 7.51. The summed E-state index contributed by atoms with van der Waals surface area (Å²) in [6.45, 7) is 2.11. The molecule has 2 rings (SSSR count). The van der Waals surface area contributed by atoms with Crippen LogP contribution < -0.4 is 21.3 Å². The number of rotatable bonds is 8. The van der Waals surface area contributed by atoms with Crippen molar-refractivity contribution >= 4 is 23.3 Å². The maximum Gasteiger partial charge on any atom is 0.319 e. The summed E-state index contributed by atoms with van der Waals surface area (Å²) in [5, 5.41) is 11.4. The van der Waals surface area contributed by atoms with Crippen LogP contribution in [0.1, 0.15) is 25.7 Å². The highest BCUT2D eigenvalue weighted by Gasteiger charge is 2.16. The molecule has 1 atom stereocenters. The van der Waals surface area contributed by atoms with E-state index in [0.717, 1.165) is 38.1 Å². The van der Waals surface area contributed by atoms with Crippen molar-refractivity contribution in [2.24, 2.45) is 0 Å². The first kappa shape index (κ1) is 18.2. The van der Waals surface area contributed by atoms with Crippen LogP contribution in [0.5, 0.6) is 0 Å². The van der Waals surface area contributed by atoms with Crippen molar-refractivity contribution in [1.82, 2.24) is 10.6 Å². The molecule has 1 saturated heterocycles. The third kappa shape index (κ3) is 6.55. The summed E-state index contributed by atoms with van der Waals surface area (Å²) in [6, 6.07) is 6.80. The van der Waals surface area contributed by atoms with Gasteiger partial charge in [0.1, 0.15) is 0 Å². The van der Waals surface area contributed by atoms with Gasteiger partial charge in [0.05, 0.1) is 6.10 Å². The number of anilines is 2. The van der Waals surface area contributed by atoms with E-state index in [9.17, 15) is 9.59 Å². The zero-order chi connectivity index (χ0) is 17.2. The Bertz CT molecular complexity index is 527. The summed E-state index contributed by atoms with van der Waals surface area (Å²) in [7, 11) is 1.86. The minimum Gasteiger partial charge on any atom is -0.376 e. The summed E-state index contributed by atoms with van der Waals surface area (Å²) < 4.78 is 5.45. The second kappa shape index (κ2) is 9.89. The van der Waals surface area contributed by atoms with Gasteiger partial charge in [0.25, 0.3) is 0 Å². The maximum absolute atomic E-state index is 11.8. The molecule has 1 heterocycles. The fourth-order valence-electron chi connectivity index (χ4n) is 2.47. The zero-order valence-electron chi connectivity index (χ0n) is 14.1. The number of carbonyl (C=O) groups excluding carboxylic acids is 2. The minimum atomic E-state index is -0.255. The van der Waals surface area contributed by atoms with Crippen LogP contribution in [-0.4, -0.2) is 44.8 Å². The first-order chi connectivity index (χ1) is 11.7. The molecule has 0 bridgehead atoms. The Hall–Kier alpha value is -2.12. The molecule has 1 aromatic rings. The molecule has 1 unspecified atom stereocenters. The van der Waals surface area contributed by atoms with Gasteiger partial charge in [-0.2, -0.15) is 0 Å². The van der Waals surface area contributed by atoms with Gasteiger partial charge >= 0.3 is 6.03 Å². The third-order valence-corrected chi connectivity index (χ3v) is 3.77. The number of hydrogen-bond acceptors (Lipinski definition) is 4. The molecule has 1 aliphatic heterocycles. The van der Waals surface area contributed by atoms with Gasteiger partial charge in [-0.1, -0.05) is 0 Å². The van der Waals surface area contributed by atoms with Crippen molar-refractivity contribution in [1.29, 1.82) is 0 Å². The highest BCUT2D eigenvalue weighted by atomic mass is 16.5. The number of carbonyl (C=O) groups is 2. The van der Waals surface area contributed by atoms with Crippen LogP contribution in [-0.2, 0) is 9.53 Å². The monoisotopic (exact) mass is 334 g/mol. The van der Waals surface area contributed by atoms with Gasteiger partial charge in [0.15, 0.2) is 0 Å². The van der Waals surface area contributed by atoms with Crippen LogP contribution in [0.25, 0.3) is 0 Å². The number of benzene rings is 1. The first-order valence-electron chi connectivity index (χ1n) is 8.38. The normalized spacial score (nSPS) is 16.6. The van der Waals surface area contributed by atoms with Crippen LogP contribution in [0, 0.1) is 0 Å². The molecular weight excluding hydrogens is 308 g/mol. The van der Waals surface area contributed by atoms with Crippen LogP contribution in [0.4, 0.5) is 16.2 Å². The van der Waals surface area contributed by atoms with Crippen molar-refractivity contribution in [2.75, 3.05) is 37.4 Å². The molecule has 0 saturated carbocycles. The van der Waals surface area contributed by atoms with E-state index < -0.39 is 0 Å². The van der Waals surface area contributed by atoms with Gasteiger partial charge in [-0.05, 0) is 57.1 Å². The van der Waals surface area contributed by atoms with Crippen molar-refractivity contribution < 1.29 is 14.3 Å². The number of nitrogens with one attached hydrogen (secondary N) is 4. The van der Waals surface area contributed by atoms with Crippen LogP contribution in [0.2, 0.25) is 0 Å². The number of ether oxygens (including phenoxy) is 1. The predicted octanol–water partition coefficient (Wildman–Crippen LogP) is 1.93. The van der Waals surface area contributed by atoms with Crippen molar-refractivity contribution in [2.45, 2.75) is 31.8 Å². The van der Waals surface area contributed by atoms with E-state index in [4.69, 9.17) is 4.74 Å². The highest BCUT2D eigenvalue weighted by Crippen LogP contribution is 2.14. The topological polar surface area (TPSA) is 91.5 Å². The second-order valence-corrected chi connectivity index (χ2v) is 5.80. The van der Waals surface area contributed by atoms with Crippen molar-refractivity contribution in [3.05, 3.63) is 24.3 Å². The van der Waals surface area contributed by atoms with Crippen molar-refractivity contribution in [3.8, 4) is 0 Å². The Morgan fingerprint density at radius 3 is 2.50 bits per heavy atom. The molecule has 1 aromatic carbocycles. The largest absolute Gasteiger partial charge is 0.376 e. The van der Waals surface area contributed by atoms with E-state index >= 15 is 0 Å². The fraction of sp³-hybridized carbons (Fsp3) is 0.529. The number of amides is 3. The van der Waals surface area contributed by atoms with Gasteiger partial charge in [-0.15, -0.1) is 0 Å². The van der Waals surface area contributed by atoms with E-state index in [1.54, 1.807) is 24.3 Å². The Morgan fingerprint density at radius 2 is 1.88 bits per heavy atom. The van der Waals surface area contributed by atoms with Crippen LogP contribution in [0.3, 0.4) is 0 Å². The SMILES string of the molecule is CNCCCC(=O)Nc1ccc(NC(=O)NCC2CCCO2)cc1. The van der Waals surface area contributed by atoms with Gasteiger partial charge in [-0.3, -0.25) is 4.79 Å². The zero-order valence-corrected chi connectivity index (χ0v) is 14.1.